The molecule has 0 bridgehead atoms. The van der Waals surface area contributed by atoms with Crippen molar-refractivity contribution >= 4 is 11.8 Å². The van der Waals surface area contributed by atoms with Gasteiger partial charge >= 0.3 is 5.97 Å². The third-order valence-electron chi connectivity index (χ3n) is 5.78. The van der Waals surface area contributed by atoms with Gasteiger partial charge in [0.2, 0.25) is 5.78 Å². The second-order valence-electron chi connectivity index (χ2n) is 7.86. The molecule has 6 heteroatoms. The zero-order valence-corrected chi connectivity index (χ0v) is 17.8. The molecule has 0 aliphatic heterocycles. The molecule has 1 aliphatic carbocycles. The van der Waals surface area contributed by atoms with Gasteiger partial charge in [0, 0.05) is 29.1 Å². The van der Waals surface area contributed by atoms with E-state index in [4.69, 9.17) is 9.26 Å². The summed E-state index contributed by atoms with van der Waals surface area (Å²) in [4.78, 5) is 24.8. The maximum absolute atomic E-state index is 12.6. The van der Waals surface area contributed by atoms with Gasteiger partial charge in [0.05, 0.1) is 12.1 Å². The maximum Gasteiger partial charge on any atom is 0.310 e. The number of ketones is 1. The maximum atomic E-state index is 12.6. The lowest BCUT2D eigenvalue weighted by Gasteiger charge is -2.15. The molecule has 0 spiro atoms. The first-order chi connectivity index (χ1) is 13.9. The van der Waals surface area contributed by atoms with Gasteiger partial charge in [-0.25, -0.2) is 0 Å². The Bertz CT molecular complexity index is 914. The Morgan fingerprint density at radius 2 is 2.00 bits per heavy atom. The summed E-state index contributed by atoms with van der Waals surface area (Å²) in [6.45, 7) is 8.14. The molecule has 1 aliphatic rings. The minimum absolute atomic E-state index is 0.0581. The molecule has 6 nitrogen and oxygen atoms in total. The van der Waals surface area contributed by atoms with Crippen molar-refractivity contribution in [2.24, 2.45) is 0 Å². The molecular formula is C23H30N2O4. The Hall–Kier alpha value is -2.63. The molecule has 3 rings (SSSR count). The standard InChI is InChI=1S/C23H30N2O4/c1-15-12-21(17(3)25(15)11-10-19-8-6-5-7-9-19)22(26)14-28-23(27)13-20-16(2)24-29-18(20)4/h8,12H,5-7,9-11,13-14H2,1-4H3. The Morgan fingerprint density at radius 3 is 2.66 bits per heavy atom. The van der Waals surface area contributed by atoms with Gasteiger partial charge in [0.1, 0.15) is 5.76 Å². The SMILES string of the molecule is Cc1noc(C)c1CC(=O)OCC(=O)c1cc(C)n(CCC2=CCCCC2)c1C. The second kappa shape index (κ2) is 9.25. The summed E-state index contributed by atoms with van der Waals surface area (Å²) in [5.41, 5.74) is 5.53. The Balaban J connectivity index is 1.58. The summed E-state index contributed by atoms with van der Waals surface area (Å²) < 4.78 is 12.5. The van der Waals surface area contributed by atoms with Crippen molar-refractivity contribution in [1.29, 1.82) is 0 Å². The number of aryl methyl sites for hydroxylation is 3. The van der Waals surface area contributed by atoms with E-state index < -0.39 is 5.97 Å². The van der Waals surface area contributed by atoms with E-state index in [1.54, 1.807) is 13.8 Å². The first-order valence-electron chi connectivity index (χ1n) is 10.3. The molecule has 0 saturated heterocycles. The van der Waals surface area contributed by atoms with E-state index in [-0.39, 0.29) is 18.8 Å². The molecule has 0 N–H and O–H groups in total. The molecule has 2 aromatic rings. The summed E-state index contributed by atoms with van der Waals surface area (Å²) in [6.07, 6.45) is 8.38. The van der Waals surface area contributed by atoms with Crippen LogP contribution in [0.5, 0.6) is 0 Å². The number of rotatable bonds is 8. The summed E-state index contributed by atoms with van der Waals surface area (Å²) in [5.74, 6) is -0.0264. The lowest BCUT2D eigenvalue weighted by molar-refractivity contribution is -0.141. The molecule has 2 heterocycles. The highest BCUT2D eigenvalue weighted by Crippen LogP contribution is 2.23. The van der Waals surface area contributed by atoms with Crippen molar-refractivity contribution in [2.75, 3.05) is 6.61 Å². The molecule has 0 amide bonds. The van der Waals surface area contributed by atoms with E-state index >= 15 is 0 Å². The number of nitrogens with zero attached hydrogens (tertiary/aromatic N) is 2. The summed E-state index contributed by atoms with van der Waals surface area (Å²) in [7, 11) is 0. The second-order valence-corrected chi connectivity index (χ2v) is 7.86. The Labute approximate surface area is 171 Å². The molecule has 0 saturated carbocycles. The number of hydrogen-bond acceptors (Lipinski definition) is 5. The molecule has 29 heavy (non-hydrogen) atoms. The van der Waals surface area contributed by atoms with Crippen LogP contribution in [0, 0.1) is 27.7 Å². The van der Waals surface area contributed by atoms with Crippen LogP contribution in [-0.4, -0.2) is 28.1 Å². The molecule has 0 radical (unpaired) electrons. The number of hydrogen-bond donors (Lipinski definition) is 0. The van der Waals surface area contributed by atoms with Crippen LogP contribution in [0.15, 0.2) is 22.2 Å². The fourth-order valence-electron chi connectivity index (χ4n) is 3.99. The molecule has 0 atom stereocenters. The monoisotopic (exact) mass is 398 g/mol. The zero-order chi connectivity index (χ0) is 21.0. The van der Waals surface area contributed by atoms with Gasteiger partial charge in [-0.15, -0.1) is 0 Å². The van der Waals surface area contributed by atoms with E-state index in [1.807, 2.05) is 19.9 Å². The lowest BCUT2D eigenvalue weighted by atomic mass is 9.97. The van der Waals surface area contributed by atoms with Crippen molar-refractivity contribution in [2.45, 2.75) is 72.8 Å². The molecule has 0 unspecified atom stereocenters. The van der Waals surface area contributed by atoms with E-state index in [2.05, 4.69) is 15.8 Å². The number of carbonyl (C=O) groups excluding carboxylic acids is 2. The summed E-state index contributed by atoms with van der Waals surface area (Å²) in [6, 6.07) is 1.90. The smallest absolute Gasteiger partial charge is 0.310 e. The number of Topliss-reactive ketones (excluding diaryl/α,β-unsaturated/α-hetero) is 1. The quantitative estimate of drug-likeness (QED) is 0.370. The van der Waals surface area contributed by atoms with Crippen LogP contribution in [0.4, 0.5) is 0 Å². The van der Waals surface area contributed by atoms with Crippen LogP contribution in [0.3, 0.4) is 0 Å². The van der Waals surface area contributed by atoms with Crippen LogP contribution in [-0.2, 0) is 22.5 Å². The average molecular weight is 399 g/mol. The zero-order valence-electron chi connectivity index (χ0n) is 17.8. The summed E-state index contributed by atoms with van der Waals surface area (Å²) >= 11 is 0. The van der Waals surface area contributed by atoms with Gasteiger partial charge in [0.15, 0.2) is 6.61 Å². The van der Waals surface area contributed by atoms with Gasteiger partial charge in [0.25, 0.3) is 0 Å². The Kier molecular flexibility index (Phi) is 6.72. The normalized spacial score (nSPS) is 14.0. The molecular weight excluding hydrogens is 368 g/mol. The van der Waals surface area contributed by atoms with Crippen molar-refractivity contribution < 1.29 is 18.8 Å². The van der Waals surface area contributed by atoms with Gasteiger partial charge in [-0.1, -0.05) is 16.8 Å². The molecule has 2 aromatic heterocycles. The van der Waals surface area contributed by atoms with E-state index in [1.165, 1.54) is 31.3 Å². The van der Waals surface area contributed by atoms with Crippen LogP contribution in [0.1, 0.15) is 70.9 Å². The highest BCUT2D eigenvalue weighted by atomic mass is 16.5. The summed E-state index contributed by atoms with van der Waals surface area (Å²) in [5, 5.41) is 3.83. The third-order valence-corrected chi connectivity index (χ3v) is 5.78. The minimum atomic E-state index is -0.453. The first kappa shape index (κ1) is 21.1. The van der Waals surface area contributed by atoms with Crippen molar-refractivity contribution in [1.82, 2.24) is 9.72 Å². The van der Waals surface area contributed by atoms with Gasteiger partial charge in [-0.3, -0.25) is 9.59 Å². The van der Waals surface area contributed by atoms with E-state index in [9.17, 15) is 9.59 Å². The molecule has 0 fully saturated rings. The van der Waals surface area contributed by atoms with Crippen LogP contribution >= 0.6 is 0 Å². The highest BCUT2D eigenvalue weighted by molar-refractivity contribution is 5.99. The lowest BCUT2D eigenvalue weighted by Crippen LogP contribution is -2.17. The van der Waals surface area contributed by atoms with Crippen LogP contribution in [0.2, 0.25) is 0 Å². The predicted molar refractivity (Wildman–Crippen MR) is 110 cm³/mol. The fourth-order valence-corrected chi connectivity index (χ4v) is 3.99. The number of carbonyl (C=O) groups is 2. The third kappa shape index (κ3) is 5.05. The van der Waals surface area contributed by atoms with E-state index in [0.717, 1.165) is 29.9 Å². The minimum Gasteiger partial charge on any atom is -0.457 e. The average Bonchev–Trinajstić information content (AvgIpc) is 3.18. The largest absolute Gasteiger partial charge is 0.457 e. The van der Waals surface area contributed by atoms with Gasteiger partial charge in [-0.2, -0.15) is 0 Å². The number of aromatic nitrogens is 2. The number of allylic oxidation sites excluding steroid dienone is 2. The van der Waals surface area contributed by atoms with Crippen LogP contribution < -0.4 is 0 Å². The van der Waals surface area contributed by atoms with Gasteiger partial charge < -0.3 is 13.8 Å². The topological polar surface area (TPSA) is 74.3 Å². The van der Waals surface area contributed by atoms with Crippen LogP contribution in [0.25, 0.3) is 0 Å². The van der Waals surface area contributed by atoms with Crippen molar-refractivity contribution in [3.8, 4) is 0 Å². The first-order valence-corrected chi connectivity index (χ1v) is 10.3. The van der Waals surface area contributed by atoms with Crippen molar-refractivity contribution in [3.63, 3.8) is 0 Å². The number of ether oxygens (including phenoxy) is 1. The molecule has 156 valence electrons. The molecule has 0 aromatic carbocycles. The van der Waals surface area contributed by atoms with Gasteiger partial charge in [-0.05, 0) is 65.9 Å². The van der Waals surface area contributed by atoms with Crippen molar-refractivity contribution in [3.05, 3.63) is 51.7 Å². The number of esters is 1. The fraction of sp³-hybridized carbons (Fsp3) is 0.522. The Morgan fingerprint density at radius 1 is 1.21 bits per heavy atom. The van der Waals surface area contributed by atoms with E-state index in [0.29, 0.717) is 17.0 Å². The predicted octanol–water partition coefficient (Wildman–Crippen LogP) is 4.57. The highest BCUT2D eigenvalue weighted by Gasteiger charge is 2.19.